The van der Waals surface area contributed by atoms with E-state index in [4.69, 9.17) is 18.9 Å². The third-order valence-electron chi connectivity index (χ3n) is 5.39. The Balaban J connectivity index is 1.96. The minimum atomic E-state index is -0.440. The van der Waals surface area contributed by atoms with Gasteiger partial charge in [0.1, 0.15) is 18.3 Å². The van der Waals surface area contributed by atoms with Crippen LogP contribution in [0.15, 0.2) is 11.6 Å². The van der Waals surface area contributed by atoms with Crippen LogP contribution in [0.5, 0.6) is 0 Å². The summed E-state index contributed by atoms with van der Waals surface area (Å²) >= 11 is 0. The number of methoxy groups -OCH3 is 1. The van der Waals surface area contributed by atoms with E-state index >= 15 is 0 Å². The van der Waals surface area contributed by atoms with E-state index in [1.165, 1.54) is 6.92 Å². The van der Waals surface area contributed by atoms with Crippen molar-refractivity contribution in [1.82, 2.24) is 0 Å². The van der Waals surface area contributed by atoms with Gasteiger partial charge in [0, 0.05) is 20.5 Å². The van der Waals surface area contributed by atoms with E-state index in [0.717, 1.165) is 18.4 Å². The van der Waals surface area contributed by atoms with Crippen LogP contribution in [0.3, 0.4) is 0 Å². The molecule has 2 saturated heterocycles. The largest absolute Gasteiger partial charge is 0.462 e. The van der Waals surface area contributed by atoms with Crippen molar-refractivity contribution in [1.29, 1.82) is 0 Å². The second-order valence-electron chi connectivity index (χ2n) is 7.33. The number of hydrogen-bond acceptors (Lipinski definition) is 6. The molecule has 2 fully saturated rings. The van der Waals surface area contributed by atoms with Gasteiger partial charge in [0.2, 0.25) is 0 Å². The number of carbonyl (C=O) groups is 2. The van der Waals surface area contributed by atoms with Gasteiger partial charge in [0.25, 0.3) is 0 Å². The quantitative estimate of drug-likeness (QED) is 0.445. The molecule has 3 rings (SSSR count). The topological polar surface area (TPSA) is 74.4 Å². The molecule has 3 aliphatic rings. The molecule has 0 bridgehead atoms. The van der Waals surface area contributed by atoms with Crippen molar-refractivity contribution in [3.8, 4) is 0 Å². The predicted octanol–water partition coefficient (Wildman–Crippen LogP) is 2.01. The number of rotatable bonds is 3. The molecule has 2 aliphatic heterocycles. The highest BCUT2D eigenvalue weighted by atomic mass is 16.7. The van der Waals surface area contributed by atoms with E-state index < -0.39 is 18.1 Å². The summed E-state index contributed by atoms with van der Waals surface area (Å²) in [5, 5.41) is 0. The van der Waals surface area contributed by atoms with E-state index in [-0.39, 0.29) is 36.2 Å². The number of epoxide rings is 1. The lowest BCUT2D eigenvalue weighted by Crippen LogP contribution is -2.41. The molecule has 0 saturated carbocycles. The third kappa shape index (κ3) is 3.22. The van der Waals surface area contributed by atoms with Crippen LogP contribution in [0.1, 0.15) is 40.0 Å². The Labute approximate surface area is 142 Å². The molecule has 1 aliphatic carbocycles. The van der Waals surface area contributed by atoms with Crippen LogP contribution in [0, 0.1) is 11.8 Å². The van der Waals surface area contributed by atoms with Crippen LogP contribution < -0.4 is 0 Å². The summed E-state index contributed by atoms with van der Waals surface area (Å²) in [6.45, 7) is 5.74. The Morgan fingerprint density at radius 2 is 2.21 bits per heavy atom. The molecule has 6 heteroatoms. The maximum absolute atomic E-state index is 12.4. The van der Waals surface area contributed by atoms with Crippen molar-refractivity contribution >= 4 is 11.9 Å². The minimum Gasteiger partial charge on any atom is -0.462 e. The summed E-state index contributed by atoms with van der Waals surface area (Å²) in [7, 11) is 1.56. The molecule has 24 heavy (non-hydrogen) atoms. The fraction of sp³-hybridized carbons (Fsp3) is 0.778. The number of hydrogen-bond donors (Lipinski definition) is 0. The molecule has 0 N–H and O–H groups in total. The maximum Gasteiger partial charge on any atom is 0.312 e. The van der Waals surface area contributed by atoms with Crippen LogP contribution in [0.2, 0.25) is 0 Å². The molecule has 6 unspecified atom stereocenters. The number of fused-ring (bicyclic) bond motifs is 3. The Hall–Kier alpha value is -1.40. The lowest BCUT2D eigenvalue weighted by molar-refractivity contribution is -0.151. The smallest absolute Gasteiger partial charge is 0.312 e. The van der Waals surface area contributed by atoms with Crippen LogP contribution in [0.25, 0.3) is 0 Å². The summed E-state index contributed by atoms with van der Waals surface area (Å²) in [6.07, 6.45) is 3.62. The first-order chi connectivity index (χ1) is 11.4. The van der Waals surface area contributed by atoms with Gasteiger partial charge in [-0.05, 0) is 26.7 Å². The first kappa shape index (κ1) is 17.4. The summed E-state index contributed by atoms with van der Waals surface area (Å²) < 4.78 is 22.4. The van der Waals surface area contributed by atoms with Crippen LogP contribution in [-0.4, -0.2) is 49.6 Å². The van der Waals surface area contributed by atoms with Gasteiger partial charge >= 0.3 is 11.9 Å². The molecule has 0 amide bonds. The van der Waals surface area contributed by atoms with Crippen LogP contribution >= 0.6 is 0 Å². The highest BCUT2D eigenvalue weighted by molar-refractivity contribution is 5.76. The Bertz CT molecular complexity index is 556. The van der Waals surface area contributed by atoms with Gasteiger partial charge in [-0.3, -0.25) is 9.59 Å². The molecule has 6 atom stereocenters. The van der Waals surface area contributed by atoms with Gasteiger partial charge in [0.05, 0.1) is 24.0 Å². The van der Waals surface area contributed by atoms with Gasteiger partial charge in [-0.2, -0.15) is 0 Å². The first-order valence-corrected chi connectivity index (χ1v) is 8.56. The number of ether oxygens (including phenoxy) is 4. The number of carbonyl (C=O) groups excluding carboxylic acids is 2. The second kappa shape index (κ2) is 6.48. The van der Waals surface area contributed by atoms with E-state index in [1.54, 1.807) is 7.11 Å². The van der Waals surface area contributed by atoms with Crippen molar-refractivity contribution < 1.29 is 28.5 Å². The molecular formula is C18H26O6. The molecule has 0 aromatic heterocycles. The molecule has 0 aromatic carbocycles. The standard InChI is InChI=1S/C18H26O6/c1-10-6-5-7-18(3)16(24-18)15-14(13(8-10)22-11(2)19)12(9-21-4)17(20)23-15/h6,12-16H,5,7-9H2,1-4H3. The summed E-state index contributed by atoms with van der Waals surface area (Å²) in [4.78, 5) is 24.0. The predicted molar refractivity (Wildman–Crippen MR) is 85.2 cm³/mol. The van der Waals surface area contributed by atoms with Crippen molar-refractivity contribution in [3.05, 3.63) is 11.6 Å². The molecule has 0 spiro atoms. The first-order valence-electron chi connectivity index (χ1n) is 8.56. The zero-order chi connectivity index (χ0) is 17.5. The van der Waals surface area contributed by atoms with Crippen LogP contribution in [-0.2, 0) is 28.5 Å². The lowest BCUT2D eigenvalue weighted by atomic mass is 9.79. The average molecular weight is 338 g/mol. The Morgan fingerprint density at radius 1 is 1.46 bits per heavy atom. The Kier molecular flexibility index (Phi) is 4.71. The summed E-state index contributed by atoms with van der Waals surface area (Å²) in [5.74, 6) is -1.33. The van der Waals surface area contributed by atoms with E-state index in [1.807, 2.05) is 6.92 Å². The van der Waals surface area contributed by atoms with Gasteiger partial charge in [-0.1, -0.05) is 11.6 Å². The zero-order valence-corrected chi connectivity index (χ0v) is 14.7. The third-order valence-corrected chi connectivity index (χ3v) is 5.39. The van der Waals surface area contributed by atoms with Crippen molar-refractivity contribution in [2.75, 3.05) is 13.7 Å². The number of esters is 2. The van der Waals surface area contributed by atoms with Crippen LogP contribution in [0.4, 0.5) is 0 Å². The summed E-state index contributed by atoms with van der Waals surface area (Å²) in [6, 6.07) is 0. The summed E-state index contributed by atoms with van der Waals surface area (Å²) in [5.41, 5.74) is 0.873. The molecular weight excluding hydrogens is 312 g/mol. The van der Waals surface area contributed by atoms with Gasteiger partial charge < -0.3 is 18.9 Å². The van der Waals surface area contributed by atoms with Crippen molar-refractivity contribution in [2.45, 2.75) is 63.9 Å². The molecule has 6 nitrogen and oxygen atoms in total. The fourth-order valence-corrected chi connectivity index (χ4v) is 4.13. The highest BCUT2D eigenvalue weighted by Crippen LogP contribution is 2.50. The minimum absolute atomic E-state index is 0.141. The SMILES string of the molecule is COCC1C(=O)OC2C1C(OC(C)=O)CC(C)=CCCC1(C)OC21. The second-order valence-corrected chi connectivity index (χ2v) is 7.33. The average Bonchev–Trinajstić information content (AvgIpc) is 3.04. The molecule has 2 heterocycles. The number of allylic oxidation sites excluding steroid dienone is 1. The van der Waals surface area contributed by atoms with Crippen molar-refractivity contribution in [3.63, 3.8) is 0 Å². The maximum atomic E-state index is 12.4. The highest BCUT2D eigenvalue weighted by Gasteiger charge is 2.64. The van der Waals surface area contributed by atoms with Gasteiger partial charge in [-0.15, -0.1) is 0 Å². The fourth-order valence-electron chi connectivity index (χ4n) is 4.13. The molecule has 0 radical (unpaired) electrons. The molecule has 134 valence electrons. The lowest BCUT2D eigenvalue weighted by Gasteiger charge is -2.30. The monoisotopic (exact) mass is 338 g/mol. The van der Waals surface area contributed by atoms with E-state index in [0.29, 0.717) is 6.42 Å². The molecule has 0 aromatic rings. The van der Waals surface area contributed by atoms with Gasteiger partial charge in [0.15, 0.2) is 0 Å². The normalized spacial score (nSPS) is 41.6. The van der Waals surface area contributed by atoms with Crippen molar-refractivity contribution in [2.24, 2.45) is 11.8 Å². The zero-order valence-electron chi connectivity index (χ0n) is 14.7. The Morgan fingerprint density at radius 3 is 2.88 bits per heavy atom. The van der Waals surface area contributed by atoms with E-state index in [2.05, 4.69) is 13.0 Å². The van der Waals surface area contributed by atoms with E-state index in [9.17, 15) is 9.59 Å². The van der Waals surface area contributed by atoms with Gasteiger partial charge in [-0.25, -0.2) is 0 Å².